The molecule has 2 aromatic rings. The van der Waals surface area contributed by atoms with Crippen molar-refractivity contribution in [1.29, 1.82) is 0 Å². The van der Waals surface area contributed by atoms with Crippen LogP contribution in [0.5, 0.6) is 0 Å². The third kappa shape index (κ3) is 2.93. The summed E-state index contributed by atoms with van der Waals surface area (Å²) in [6.45, 7) is 0. The van der Waals surface area contributed by atoms with Crippen molar-refractivity contribution >= 4 is 23.3 Å². The molecule has 0 N–H and O–H groups in total. The van der Waals surface area contributed by atoms with E-state index in [1.807, 2.05) is 54.6 Å². The number of amides is 1. The number of methoxy groups -OCH3 is 1. The molecule has 5 nitrogen and oxygen atoms in total. The molecule has 1 aliphatic heterocycles. The Morgan fingerprint density at radius 2 is 1.79 bits per heavy atom. The average molecular weight is 322 g/mol. The standard InChI is InChI=1S/C19H18N2O3/c1-21-16-11-7-6-10-14(16)18(13-8-4-3-5-9-13)20-15(19(21)23)12-17(22)24-2/h3-11,15H,12H2,1-2H3/t15-/m0/s1. The molecule has 2 aromatic carbocycles. The van der Waals surface area contributed by atoms with Gasteiger partial charge in [-0.3, -0.25) is 14.6 Å². The number of ether oxygens (including phenoxy) is 1. The molecular weight excluding hydrogens is 304 g/mol. The van der Waals surface area contributed by atoms with E-state index in [0.29, 0.717) is 5.71 Å². The smallest absolute Gasteiger partial charge is 0.308 e. The van der Waals surface area contributed by atoms with Gasteiger partial charge >= 0.3 is 5.97 Å². The maximum absolute atomic E-state index is 12.7. The number of fused-ring (bicyclic) bond motifs is 1. The van der Waals surface area contributed by atoms with Crippen LogP contribution in [0.25, 0.3) is 0 Å². The molecule has 1 atom stereocenters. The molecule has 0 radical (unpaired) electrons. The Morgan fingerprint density at radius 3 is 2.50 bits per heavy atom. The zero-order valence-electron chi connectivity index (χ0n) is 13.6. The quantitative estimate of drug-likeness (QED) is 0.816. The second-order valence-corrected chi connectivity index (χ2v) is 5.55. The van der Waals surface area contributed by atoms with Crippen molar-refractivity contribution in [3.63, 3.8) is 0 Å². The van der Waals surface area contributed by atoms with E-state index < -0.39 is 12.0 Å². The summed E-state index contributed by atoms with van der Waals surface area (Å²) in [5.74, 6) is -0.678. The number of esters is 1. The summed E-state index contributed by atoms with van der Waals surface area (Å²) in [5.41, 5.74) is 3.25. The van der Waals surface area contributed by atoms with Gasteiger partial charge in [0.05, 0.1) is 24.9 Å². The summed E-state index contributed by atoms with van der Waals surface area (Å²) in [4.78, 5) is 30.6. The molecule has 24 heavy (non-hydrogen) atoms. The Balaban J connectivity index is 2.16. The minimum Gasteiger partial charge on any atom is -0.469 e. The lowest BCUT2D eigenvalue weighted by Crippen LogP contribution is -2.36. The highest BCUT2D eigenvalue weighted by Gasteiger charge is 2.31. The maximum atomic E-state index is 12.7. The fourth-order valence-corrected chi connectivity index (χ4v) is 2.79. The van der Waals surface area contributed by atoms with Crippen molar-refractivity contribution in [2.45, 2.75) is 12.5 Å². The fraction of sp³-hybridized carbons (Fsp3) is 0.211. The number of carbonyl (C=O) groups is 2. The monoisotopic (exact) mass is 322 g/mol. The fourth-order valence-electron chi connectivity index (χ4n) is 2.79. The zero-order valence-corrected chi connectivity index (χ0v) is 13.6. The highest BCUT2D eigenvalue weighted by Crippen LogP contribution is 2.28. The first-order chi connectivity index (χ1) is 11.6. The van der Waals surface area contributed by atoms with Crippen LogP contribution in [0.1, 0.15) is 17.5 Å². The van der Waals surface area contributed by atoms with Crippen LogP contribution in [0.4, 0.5) is 5.69 Å². The van der Waals surface area contributed by atoms with Gasteiger partial charge in [0, 0.05) is 18.2 Å². The van der Waals surface area contributed by atoms with Crippen LogP contribution in [-0.4, -0.2) is 37.8 Å². The van der Waals surface area contributed by atoms with Crippen LogP contribution in [0.3, 0.4) is 0 Å². The van der Waals surface area contributed by atoms with E-state index in [9.17, 15) is 9.59 Å². The molecule has 1 heterocycles. The summed E-state index contributed by atoms with van der Waals surface area (Å²) >= 11 is 0. The highest BCUT2D eigenvalue weighted by atomic mass is 16.5. The molecule has 1 amide bonds. The number of aliphatic imine (C=N–C) groups is 1. The van der Waals surface area contributed by atoms with Crippen LogP contribution in [0, 0.1) is 0 Å². The first kappa shape index (κ1) is 15.9. The van der Waals surface area contributed by atoms with Gasteiger partial charge in [0.2, 0.25) is 0 Å². The van der Waals surface area contributed by atoms with Crippen molar-refractivity contribution < 1.29 is 14.3 Å². The van der Waals surface area contributed by atoms with Gasteiger partial charge in [-0.15, -0.1) is 0 Å². The molecule has 0 bridgehead atoms. The minimum atomic E-state index is -0.801. The van der Waals surface area contributed by atoms with E-state index in [1.54, 1.807) is 11.9 Å². The Hall–Kier alpha value is -2.95. The molecule has 5 heteroatoms. The number of anilines is 1. The second kappa shape index (κ2) is 6.66. The van der Waals surface area contributed by atoms with Crippen molar-refractivity contribution in [2.24, 2.45) is 4.99 Å². The van der Waals surface area contributed by atoms with Gasteiger partial charge in [-0.2, -0.15) is 0 Å². The van der Waals surface area contributed by atoms with E-state index in [1.165, 1.54) is 7.11 Å². The third-order valence-corrected chi connectivity index (χ3v) is 4.06. The molecule has 0 saturated carbocycles. The average Bonchev–Trinajstić information content (AvgIpc) is 2.73. The normalized spacial score (nSPS) is 16.9. The topological polar surface area (TPSA) is 59.0 Å². The van der Waals surface area contributed by atoms with Crippen molar-refractivity contribution in [3.8, 4) is 0 Å². The van der Waals surface area contributed by atoms with Crippen molar-refractivity contribution in [2.75, 3.05) is 19.1 Å². The number of rotatable bonds is 3. The maximum Gasteiger partial charge on any atom is 0.308 e. The predicted molar refractivity (Wildman–Crippen MR) is 92.4 cm³/mol. The molecule has 122 valence electrons. The number of para-hydroxylation sites is 1. The Kier molecular flexibility index (Phi) is 4.42. The number of hydrogen-bond donors (Lipinski definition) is 0. The van der Waals surface area contributed by atoms with Crippen LogP contribution in [-0.2, 0) is 14.3 Å². The molecule has 0 fully saturated rings. The Morgan fingerprint density at radius 1 is 1.12 bits per heavy atom. The van der Waals surface area contributed by atoms with Crippen LogP contribution < -0.4 is 4.90 Å². The van der Waals surface area contributed by atoms with E-state index in [2.05, 4.69) is 4.99 Å². The lowest BCUT2D eigenvalue weighted by molar-refractivity contribution is -0.142. The molecule has 0 aromatic heterocycles. The van der Waals surface area contributed by atoms with E-state index in [0.717, 1.165) is 16.8 Å². The number of hydrogen-bond acceptors (Lipinski definition) is 4. The largest absolute Gasteiger partial charge is 0.469 e. The van der Waals surface area contributed by atoms with E-state index in [-0.39, 0.29) is 12.3 Å². The van der Waals surface area contributed by atoms with Gasteiger partial charge < -0.3 is 9.64 Å². The first-order valence-corrected chi connectivity index (χ1v) is 7.69. The summed E-state index contributed by atoms with van der Waals surface area (Å²) in [7, 11) is 3.01. The lowest BCUT2D eigenvalue weighted by Gasteiger charge is -2.19. The summed E-state index contributed by atoms with van der Waals surface area (Å²) in [6.07, 6.45) is -0.0794. The van der Waals surface area contributed by atoms with E-state index >= 15 is 0 Å². The summed E-state index contributed by atoms with van der Waals surface area (Å²) < 4.78 is 4.72. The summed E-state index contributed by atoms with van der Waals surface area (Å²) in [5, 5.41) is 0. The molecule has 3 rings (SSSR count). The van der Waals surface area contributed by atoms with Gasteiger partial charge in [-0.05, 0) is 6.07 Å². The number of nitrogens with zero attached hydrogens (tertiary/aromatic N) is 2. The molecule has 0 unspecified atom stereocenters. The lowest BCUT2D eigenvalue weighted by atomic mass is 10.0. The number of benzodiazepines with no additional fused rings is 1. The Bertz CT molecular complexity index is 799. The van der Waals surface area contributed by atoms with E-state index in [4.69, 9.17) is 4.74 Å². The number of carbonyl (C=O) groups excluding carboxylic acids is 2. The summed E-state index contributed by atoms with van der Waals surface area (Å²) in [6, 6.07) is 16.5. The van der Waals surface area contributed by atoms with Gasteiger partial charge in [0.25, 0.3) is 5.91 Å². The third-order valence-electron chi connectivity index (χ3n) is 4.06. The molecule has 1 aliphatic rings. The minimum absolute atomic E-state index is 0.0794. The molecule has 0 saturated heterocycles. The van der Waals surface area contributed by atoms with Crippen molar-refractivity contribution in [1.82, 2.24) is 0 Å². The zero-order chi connectivity index (χ0) is 17.1. The highest BCUT2D eigenvalue weighted by molar-refractivity contribution is 6.20. The number of likely N-dealkylation sites (N-methyl/N-ethyl adjacent to an activating group) is 1. The van der Waals surface area contributed by atoms with Gasteiger partial charge in [0.1, 0.15) is 6.04 Å². The molecule has 0 aliphatic carbocycles. The van der Waals surface area contributed by atoms with Crippen LogP contribution in [0.2, 0.25) is 0 Å². The SMILES string of the molecule is COC(=O)C[C@@H]1N=C(c2ccccc2)c2ccccc2N(C)C1=O. The first-order valence-electron chi connectivity index (χ1n) is 7.69. The van der Waals surface area contributed by atoms with Crippen LogP contribution in [0.15, 0.2) is 59.6 Å². The van der Waals surface area contributed by atoms with Crippen molar-refractivity contribution in [3.05, 3.63) is 65.7 Å². The van der Waals surface area contributed by atoms with Gasteiger partial charge in [-0.25, -0.2) is 0 Å². The predicted octanol–water partition coefficient (Wildman–Crippen LogP) is 2.43. The van der Waals surface area contributed by atoms with Gasteiger partial charge in [-0.1, -0.05) is 48.5 Å². The molecular formula is C19H18N2O3. The number of benzene rings is 2. The Labute approximate surface area is 140 Å². The van der Waals surface area contributed by atoms with Gasteiger partial charge in [0.15, 0.2) is 0 Å². The second-order valence-electron chi connectivity index (χ2n) is 5.55. The van der Waals surface area contributed by atoms with Crippen LogP contribution >= 0.6 is 0 Å². The molecule has 0 spiro atoms.